The molecule has 0 bridgehead atoms. The van der Waals surface area contributed by atoms with Gasteiger partial charge in [0.2, 0.25) is 0 Å². The van der Waals surface area contributed by atoms with Crippen molar-refractivity contribution in [1.29, 1.82) is 0 Å². The number of benzene rings is 3. The first-order valence-electron chi connectivity index (χ1n) is 9.57. The molecule has 0 spiro atoms. The van der Waals surface area contributed by atoms with E-state index in [1.807, 2.05) is 0 Å². The Labute approximate surface area is 186 Å². The van der Waals surface area contributed by atoms with Gasteiger partial charge in [-0.15, -0.1) is 0 Å². The first kappa shape index (κ1) is 22.5. The lowest BCUT2D eigenvalue weighted by Gasteiger charge is -2.14. The maximum Gasteiger partial charge on any atom is 0.416 e. The van der Waals surface area contributed by atoms with Gasteiger partial charge >= 0.3 is 6.18 Å². The van der Waals surface area contributed by atoms with E-state index in [1.54, 1.807) is 24.3 Å². The molecule has 0 aliphatic rings. The van der Waals surface area contributed by atoms with E-state index >= 15 is 0 Å². The van der Waals surface area contributed by atoms with Crippen molar-refractivity contribution in [3.05, 3.63) is 89.7 Å². The molecule has 0 unspecified atom stereocenters. The van der Waals surface area contributed by atoms with E-state index < -0.39 is 27.6 Å². The first-order chi connectivity index (χ1) is 15.6. The summed E-state index contributed by atoms with van der Waals surface area (Å²) in [7, 11) is -4.14. The van der Waals surface area contributed by atoms with Crippen molar-refractivity contribution in [1.82, 2.24) is 9.97 Å². The zero-order chi connectivity index (χ0) is 23.6. The highest BCUT2D eigenvalue weighted by Gasteiger charge is 2.30. The Kier molecular flexibility index (Phi) is 5.90. The van der Waals surface area contributed by atoms with Crippen LogP contribution in [0.25, 0.3) is 11.0 Å². The third-order valence-corrected chi connectivity index (χ3v) is 5.99. The van der Waals surface area contributed by atoms with Crippen LogP contribution in [0.4, 0.5) is 29.2 Å². The Morgan fingerprint density at radius 2 is 1.45 bits per heavy atom. The number of rotatable bonds is 6. The minimum atomic E-state index is -4.49. The summed E-state index contributed by atoms with van der Waals surface area (Å²) in [6, 6.07) is 15.7. The zero-order valence-electron chi connectivity index (χ0n) is 16.8. The Morgan fingerprint density at radius 3 is 2.09 bits per heavy atom. The Bertz CT molecular complexity index is 1410. The summed E-state index contributed by atoms with van der Waals surface area (Å²) in [6.07, 6.45) is -4.49. The average molecular weight is 476 g/mol. The van der Waals surface area contributed by atoms with Crippen molar-refractivity contribution < 1.29 is 26.0 Å². The molecule has 33 heavy (non-hydrogen) atoms. The largest absolute Gasteiger partial charge is 0.416 e. The molecule has 1 aromatic heterocycles. The minimum Gasteiger partial charge on any atom is -0.363 e. The van der Waals surface area contributed by atoms with Gasteiger partial charge in [-0.25, -0.2) is 22.8 Å². The van der Waals surface area contributed by atoms with Crippen LogP contribution >= 0.6 is 0 Å². The number of nitrogens with zero attached hydrogens (tertiary/aromatic N) is 2. The van der Waals surface area contributed by atoms with Gasteiger partial charge < -0.3 is 5.32 Å². The average Bonchev–Trinajstić information content (AvgIpc) is 2.77. The molecule has 3 aromatic carbocycles. The fourth-order valence-electron chi connectivity index (χ4n) is 3.04. The number of halogens is 4. The second-order valence-corrected chi connectivity index (χ2v) is 8.70. The molecule has 170 valence electrons. The van der Waals surface area contributed by atoms with E-state index in [9.17, 15) is 26.0 Å². The second-order valence-electron chi connectivity index (χ2n) is 7.02. The van der Waals surface area contributed by atoms with Crippen molar-refractivity contribution in [2.75, 3.05) is 10.0 Å². The van der Waals surface area contributed by atoms with Crippen molar-refractivity contribution in [3.63, 3.8) is 0 Å². The molecular weight excluding hydrogens is 460 g/mol. The number of hydrogen-bond acceptors (Lipinski definition) is 5. The van der Waals surface area contributed by atoms with Crippen LogP contribution in [-0.4, -0.2) is 18.4 Å². The summed E-state index contributed by atoms with van der Waals surface area (Å²) >= 11 is 0. The minimum absolute atomic E-state index is 0.0248. The first-order valence-corrected chi connectivity index (χ1v) is 11.1. The molecule has 0 atom stereocenters. The monoisotopic (exact) mass is 476 g/mol. The second kappa shape index (κ2) is 8.66. The maximum absolute atomic E-state index is 13.2. The Morgan fingerprint density at radius 1 is 0.818 bits per heavy atom. The molecule has 4 rings (SSSR count). The summed E-state index contributed by atoms with van der Waals surface area (Å²) in [5.41, 5.74) is 0.364. The summed E-state index contributed by atoms with van der Waals surface area (Å²) in [4.78, 5) is 8.48. The molecule has 2 N–H and O–H groups in total. The molecule has 0 radical (unpaired) electrons. The van der Waals surface area contributed by atoms with Crippen molar-refractivity contribution in [2.24, 2.45) is 0 Å². The van der Waals surface area contributed by atoms with E-state index in [0.717, 1.165) is 36.4 Å². The van der Waals surface area contributed by atoms with E-state index in [2.05, 4.69) is 20.0 Å². The van der Waals surface area contributed by atoms with Crippen molar-refractivity contribution >= 4 is 32.7 Å². The summed E-state index contributed by atoms with van der Waals surface area (Å²) in [5.74, 6) is -0.718. The van der Waals surface area contributed by atoms with Crippen LogP contribution in [0.3, 0.4) is 0 Å². The number of hydrogen-bond donors (Lipinski definition) is 2. The van der Waals surface area contributed by atoms with Gasteiger partial charge in [-0.05, 0) is 54.1 Å². The molecule has 0 aliphatic heterocycles. The van der Waals surface area contributed by atoms with Gasteiger partial charge in [0.15, 0.2) is 11.6 Å². The predicted molar refractivity (Wildman–Crippen MR) is 116 cm³/mol. The number of nitrogens with one attached hydrogen (secondary N) is 2. The number of para-hydroxylation sites is 2. The predicted octanol–water partition coefficient (Wildman–Crippen LogP) is 5.20. The highest BCUT2D eigenvalue weighted by Crippen LogP contribution is 2.30. The molecule has 0 aliphatic carbocycles. The standard InChI is InChI=1S/C22H16F4N4O2S/c23-16-8-10-17(11-9-16)33(31,32)30-21-20(28-18-6-1-2-7-19(18)29-21)27-13-14-4-3-5-15(12-14)22(24,25)26/h1-12H,13H2,(H,27,28)(H,29,30). The molecule has 0 saturated heterocycles. The lowest BCUT2D eigenvalue weighted by Crippen LogP contribution is -2.17. The highest BCUT2D eigenvalue weighted by molar-refractivity contribution is 7.92. The topological polar surface area (TPSA) is 84.0 Å². The summed E-state index contributed by atoms with van der Waals surface area (Å²) < 4.78 is 80.1. The number of anilines is 2. The van der Waals surface area contributed by atoms with Gasteiger partial charge in [0.1, 0.15) is 5.82 Å². The highest BCUT2D eigenvalue weighted by atomic mass is 32.2. The SMILES string of the molecule is O=S(=O)(Nc1nc2ccccc2nc1NCc1cccc(C(F)(F)F)c1)c1ccc(F)cc1. The van der Waals surface area contributed by atoms with Crippen LogP contribution in [0.15, 0.2) is 77.7 Å². The van der Waals surface area contributed by atoms with E-state index in [0.29, 0.717) is 16.6 Å². The fraction of sp³-hybridized carbons (Fsp3) is 0.0909. The van der Waals surface area contributed by atoms with Crippen LogP contribution in [-0.2, 0) is 22.7 Å². The molecule has 6 nitrogen and oxygen atoms in total. The maximum atomic E-state index is 13.2. The molecule has 0 amide bonds. The third-order valence-electron chi connectivity index (χ3n) is 4.64. The number of alkyl halides is 3. The van der Waals surface area contributed by atoms with Crippen LogP contribution < -0.4 is 10.0 Å². The van der Waals surface area contributed by atoms with Gasteiger partial charge in [0.25, 0.3) is 10.0 Å². The molecular formula is C22H16F4N4O2S. The number of fused-ring (bicyclic) bond motifs is 1. The van der Waals surface area contributed by atoms with E-state index in [1.165, 1.54) is 12.1 Å². The fourth-order valence-corrected chi connectivity index (χ4v) is 4.05. The van der Waals surface area contributed by atoms with Crippen LogP contribution in [0, 0.1) is 5.82 Å². The Hall–Kier alpha value is -3.73. The summed E-state index contributed by atoms with van der Waals surface area (Å²) in [5, 5.41) is 2.86. The van der Waals surface area contributed by atoms with Gasteiger partial charge in [-0.2, -0.15) is 13.2 Å². The molecule has 0 saturated carbocycles. The molecule has 1 heterocycles. The molecule has 0 fully saturated rings. The van der Waals surface area contributed by atoms with Crippen molar-refractivity contribution in [3.8, 4) is 0 Å². The lowest BCUT2D eigenvalue weighted by atomic mass is 10.1. The van der Waals surface area contributed by atoms with Crippen LogP contribution in [0.5, 0.6) is 0 Å². The normalized spacial score (nSPS) is 12.0. The summed E-state index contributed by atoms with van der Waals surface area (Å²) in [6.45, 7) is -0.0672. The van der Waals surface area contributed by atoms with Crippen molar-refractivity contribution in [2.45, 2.75) is 17.6 Å². The molecule has 4 aromatic rings. The smallest absolute Gasteiger partial charge is 0.363 e. The molecule has 11 heteroatoms. The van der Waals surface area contributed by atoms with Gasteiger partial charge in [-0.3, -0.25) is 4.72 Å². The van der Waals surface area contributed by atoms with E-state index in [4.69, 9.17) is 0 Å². The Balaban J connectivity index is 1.67. The van der Waals surface area contributed by atoms with Crippen LogP contribution in [0.2, 0.25) is 0 Å². The van der Waals surface area contributed by atoms with Gasteiger partial charge in [-0.1, -0.05) is 24.3 Å². The van der Waals surface area contributed by atoms with Gasteiger partial charge in [0.05, 0.1) is 21.5 Å². The quantitative estimate of drug-likeness (QED) is 0.374. The zero-order valence-corrected chi connectivity index (χ0v) is 17.6. The number of sulfonamides is 1. The van der Waals surface area contributed by atoms with Crippen LogP contribution in [0.1, 0.15) is 11.1 Å². The number of aromatic nitrogens is 2. The van der Waals surface area contributed by atoms with E-state index in [-0.39, 0.29) is 23.1 Å². The third kappa shape index (κ3) is 5.20. The van der Waals surface area contributed by atoms with Gasteiger partial charge in [0, 0.05) is 6.54 Å². The lowest BCUT2D eigenvalue weighted by molar-refractivity contribution is -0.137.